The molecule has 3 rings (SSSR count). The van der Waals surface area contributed by atoms with Gasteiger partial charge in [0.25, 0.3) is 0 Å². The molecule has 0 amide bonds. The highest BCUT2D eigenvalue weighted by Gasteiger charge is 2.26. The predicted molar refractivity (Wildman–Crippen MR) is 70.8 cm³/mol. The van der Waals surface area contributed by atoms with E-state index in [1.807, 2.05) is 30.5 Å². The smallest absolute Gasteiger partial charge is 0.0922 e. The van der Waals surface area contributed by atoms with Crippen molar-refractivity contribution in [1.82, 2.24) is 9.97 Å². The zero-order valence-corrected chi connectivity index (χ0v) is 10.6. The molecule has 2 aromatic rings. The summed E-state index contributed by atoms with van der Waals surface area (Å²) in [4.78, 5) is 9.50. The predicted octanol–water partition coefficient (Wildman–Crippen LogP) is 2.47. The van der Waals surface area contributed by atoms with E-state index in [1.165, 1.54) is 0 Å². The Bertz CT molecular complexity index is 493. The number of nitrogens with zero attached hydrogens (tertiary/aromatic N) is 2. The molecule has 0 radical (unpaired) electrons. The number of hydrogen-bond acceptors (Lipinski definition) is 3. The summed E-state index contributed by atoms with van der Waals surface area (Å²) in [5, 5.41) is 0.755. The van der Waals surface area contributed by atoms with E-state index in [9.17, 15) is 0 Å². The monoisotopic (exact) mass is 263 g/mol. The first kappa shape index (κ1) is 11.6. The van der Waals surface area contributed by atoms with Crippen LogP contribution in [0.15, 0.2) is 36.8 Å². The van der Waals surface area contributed by atoms with Gasteiger partial charge in [-0.1, -0.05) is 11.6 Å². The van der Waals surface area contributed by atoms with Crippen LogP contribution in [0.5, 0.6) is 0 Å². The van der Waals surface area contributed by atoms with E-state index in [-0.39, 0.29) is 0 Å². The maximum Gasteiger partial charge on any atom is 0.0922 e. The van der Waals surface area contributed by atoms with Crippen LogP contribution in [0.3, 0.4) is 0 Å². The van der Waals surface area contributed by atoms with Gasteiger partial charge in [0, 0.05) is 16.9 Å². The molecule has 2 heterocycles. The van der Waals surface area contributed by atoms with E-state index in [2.05, 4.69) is 14.9 Å². The molecule has 0 saturated carbocycles. The van der Waals surface area contributed by atoms with Crippen LogP contribution in [0.4, 0.5) is 5.69 Å². The minimum Gasteiger partial charge on any atom is -0.377 e. The van der Waals surface area contributed by atoms with Gasteiger partial charge in [-0.2, -0.15) is 0 Å². The van der Waals surface area contributed by atoms with Crippen LogP contribution in [0.2, 0.25) is 5.02 Å². The van der Waals surface area contributed by atoms with Crippen molar-refractivity contribution in [1.29, 1.82) is 0 Å². The molecule has 0 aliphatic carbocycles. The van der Waals surface area contributed by atoms with Crippen LogP contribution in [-0.4, -0.2) is 29.2 Å². The zero-order valence-electron chi connectivity index (χ0n) is 9.84. The molecule has 4 nitrogen and oxygen atoms in total. The van der Waals surface area contributed by atoms with Crippen molar-refractivity contribution >= 4 is 17.3 Å². The Morgan fingerprint density at radius 3 is 2.67 bits per heavy atom. The Hall–Kier alpha value is -1.52. The largest absolute Gasteiger partial charge is 0.377 e. The maximum absolute atomic E-state index is 5.93. The van der Waals surface area contributed by atoms with Gasteiger partial charge in [-0.3, -0.25) is 0 Å². The van der Waals surface area contributed by atoms with E-state index < -0.39 is 0 Å². The second-order valence-electron chi connectivity index (χ2n) is 4.37. The highest BCUT2D eigenvalue weighted by Crippen LogP contribution is 2.24. The van der Waals surface area contributed by atoms with Crippen LogP contribution in [0.1, 0.15) is 5.69 Å². The van der Waals surface area contributed by atoms with Gasteiger partial charge in [0.15, 0.2) is 0 Å². The molecular weight excluding hydrogens is 250 g/mol. The van der Waals surface area contributed by atoms with Gasteiger partial charge in [0.1, 0.15) is 0 Å². The molecule has 0 unspecified atom stereocenters. The van der Waals surface area contributed by atoms with Crippen LogP contribution in [-0.2, 0) is 11.3 Å². The fourth-order valence-corrected chi connectivity index (χ4v) is 2.15. The molecule has 1 N–H and O–H groups in total. The molecule has 18 heavy (non-hydrogen) atoms. The first-order chi connectivity index (χ1) is 8.83. The maximum atomic E-state index is 5.93. The van der Waals surface area contributed by atoms with Crippen molar-refractivity contribution in [3.63, 3.8) is 0 Å². The summed E-state index contributed by atoms with van der Waals surface area (Å²) >= 11 is 5.93. The fraction of sp³-hybridized carbons (Fsp3) is 0.308. The number of nitrogens with one attached hydrogen (secondary N) is 1. The number of aromatic nitrogens is 2. The van der Waals surface area contributed by atoms with Crippen molar-refractivity contribution < 1.29 is 4.74 Å². The van der Waals surface area contributed by atoms with Gasteiger partial charge in [-0.25, -0.2) is 4.98 Å². The summed E-state index contributed by atoms with van der Waals surface area (Å²) in [7, 11) is 0. The lowest BCUT2D eigenvalue weighted by atomic mass is 10.1. The average Bonchev–Trinajstić information content (AvgIpc) is 2.80. The molecule has 1 aromatic carbocycles. The number of benzene rings is 1. The molecular formula is C13H14ClN3O. The molecule has 1 aromatic heterocycles. The quantitative estimate of drug-likeness (QED) is 0.921. The van der Waals surface area contributed by atoms with Gasteiger partial charge in [-0.15, -0.1) is 0 Å². The number of halogens is 1. The molecule has 0 atom stereocenters. The fourth-order valence-electron chi connectivity index (χ4n) is 2.02. The molecule has 94 valence electrons. The Labute approximate surface area is 111 Å². The normalized spacial score (nSPS) is 15.4. The molecule has 1 aliphatic rings. The van der Waals surface area contributed by atoms with Gasteiger partial charge < -0.3 is 14.6 Å². The van der Waals surface area contributed by atoms with Gasteiger partial charge in [0.05, 0.1) is 37.8 Å². The Kier molecular flexibility index (Phi) is 3.21. The number of anilines is 1. The lowest BCUT2D eigenvalue weighted by Gasteiger charge is -2.38. The molecule has 5 heteroatoms. The van der Waals surface area contributed by atoms with Gasteiger partial charge in [0.2, 0.25) is 0 Å². The number of hydrogen-bond donors (Lipinski definition) is 1. The summed E-state index contributed by atoms with van der Waals surface area (Å²) in [6.07, 6.45) is 3.55. The summed E-state index contributed by atoms with van der Waals surface area (Å²) < 4.78 is 5.29. The van der Waals surface area contributed by atoms with Crippen molar-refractivity contribution in [3.8, 4) is 0 Å². The first-order valence-corrected chi connectivity index (χ1v) is 6.28. The van der Waals surface area contributed by atoms with E-state index >= 15 is 0 Å². The van der Waals surface area contributed by atoms with Crippen LogP contribution < -0.4 is 4.90 Å². The topological polar surface area (TPSA) is 41.2 Å². The summed E-state index contributed by atoms with van der Waals surface area (Å²) in [6, 6.07) is 8.33. The molecule has 1 aliphatic heterocycles. The minimum atomic E-state index is 0.425. The Morgan fingerprint density at radius 2 is 2.11 bits per heavy atom. The number of rotatable bonds is 4. The van der Waals surface area contributed by atoms with E-state index in [0.29, 0.717) is 6.04 Å². The summed E-state index contributed by atoms with van der Waals surface area (Å²) in [6.45, 7) is 2.35. The Morgan fingerprint density at radius 1 is 1.33 bits per heavy atom. The highest BCUT2D eigenvalue weighted by molar-refractivity contribution is 6.30. The van der Waals surface area contributed by atoms with Crippen LogP contribution in [0, 0.1) is 0 Å². The van der Waals surface area contributed by atoms with Crippen molar-refractivity contribution in [2.45, 2.75) is 12.6 Å². The average molecular weight is 264 g/mol. The first-order valence-electron chi connectivity index (χ1n) is 5.90. The van der Waals surface area contributed by atoms with E-state index in [4.69, 9.17) is 16.3 Å². The molecule has 1 fully saturated rings. The van der Waals surface area contributed by atoms with Gasteiger partial charge >= 0.3 is 0 Å². The standard InChI is InChI=1S/C13H14ClN3O/c14-10-1-3-12(4-2-10)17(13-7-18-8-13)6-11-5-15-9-16-11/h1-5,9,13H,6-8H2,(H,15,16). The second-order valence-corrected chi connectivity index (χ2v) is 4.81. The zero-order chi connectivity index (χ0) is 12.4. The minimum absolute atomic E-state index is 0.425. The number of ether oxygens (including phenoxy) is 1. The second kappa shape index (κ2) is 5.00. The lowest BCUT2D eigenvalue weighted by molar-refractivity contribution is 0.00736. The number of H-pyrrole nitrogens is 1. The van der Waals surface area contributed by atoms with Crippen molar-refractivity contribution in [2.75, 3.05) is 18.1 Å². The van der Waals surface area contributed by atoms with E-state index in [1.54, 1.807) is 6.33 Å². The highest BCUT2D eigenvalue weighted by atomic mass is 35.5. The van der Waals surface area contributed by atoms with Crippen molar-refractivity contribution in [2.24, 2.45) is 0 Å². The SMILES string of the molecule is Clc1ccc(N(Cc2cnc[nH]2)C2COC2)cc1. The molecule has 0 spiro atoms. The van der Waals surface area contributed by atoms with Crippen LogP contribution >= 0.6 is 11.6 Å². The molecule has 1 saturated heterocycles. The third kappa shape index (κ3) is 2.35. The van der Waals surface area contributed by atoms with Crippen LogP contribution in [0.25, 0.3) is 0 Å². The van der Waals surface area contributed by atoms with Crippen molar-refractivity contribution in [3.05, 3.63) is 47.5 Å². The lowest BCUT2D eigenvalue weighted by Crippen LogP contribution is -2.48. The summed E-state index contributed by atoms with van der Waals surface area (Å²) in [5.41, 5.74) is 2.25. The third-order valence-electron chi connectivity index (χ3n) is 3.12. The van der Waals surface area contributed by atoms with Gasteiger partial charge in [-0.05, 0) is 24.3 Å². The Balaban J connectivity index is 1.82. The number of aromatic amines is 1. The third-order valence-corrected chi connectivity index (χ3v) is 3.37. The number of imidazole rings is 1. The molecule has 0 bridgehead atoms. The summed E-state index contributed by atoms with van der Waals surface area (Å²) in [5.74, 6) is 0. The van der Waals surface area contributed by atoms with E-state index in [0.717, 1.165) is 36.2 Å².